The first kappa shape index (κ1) is 21.3. The number of carbonyl (C=O) groups is 2. The van der Waals surface area contributed by atoms with Crippen LogP contribution in [0.4, 0.5) is 13.6 Å². The molecule has 0 heterocycles. The first-order valence-corrected chi connectivity index (χ1v) is 11.2. The molecule has 0 unspecified atom stereocenters. The summed E-state index contributed by atoms with van der Waals surface area (Å²) < 4.78 is 44.6. The standard InChI is InChI=1S/C19H25F2NO4S/c1-27(2,25)13-16(23)17(15-9-6-10-19(20,21)11-15)22-18(24)26-12-14-7-4-3-5-8-14/h3-5,7-8,13,15,17H,6,9-12H2,1-2H3,(H,22,24)/t15-,17+/m1/s1. The first-order chi connectivity index (χ1) is 12.6. The number of carbonyl (C=O) groups excluding carboxylic acids is 2. The fourth-order valence-electron chi connectivity index (χ4n) is 3.16. The molecule has 27 heavy (non-hydrogen) atoms. The van der Waals surface area contributed by atoms with Crippen LogP contribution in [0.2, 0.25) is 0 Å². The number of ether oxygens (including phenoxy) is 1. The summed E-state index contributed by atoms with van der Waals surface area (Å²) in [7, 11) is -2.53. The highest BCUT2D eigenvalue weighted by molar-refractivity contribution is 8.01. The van der Waals surface area contributed by atoms with Crippen LogP contribution in [0.15, 0.2) is 30.3 Å². The molecule has 1 aliphatic rings. The third kappa shape index (κ3) is 7.28. The van der Waals surface area contributed by atoms with Crippen molar-refractivity contribution in [1.82, 2.24) is 5.32 Å². The molecular formula is C19H25F2NO4S. The monoisotopic (exact) mass is 401 g/mol. The quantitative estimate of drug-likeness (QED) is 0.744. The molecule has 2 rings (SSSR count). The molecule has 0 aromatic heterocycles. The molecule has 0 spiro atoms. The zero-order chi connectivity index (χ0) is 20.1. The molecular weight excluding hydrogens is 376 g/mol. The zero-order valence-electron chi connectivity index (χ0n) is 15.5. The Kier molecular flexibility index (Phi) is 6.97. The third-order valence-corrected chi connectivity index (χ3v) is 5.14. The number of benzene rings is 1. The van der Waals surface area contributed by atoms with E-state index < -0.39 is 45.7 Å². The molecule has 1 N–H and O–H groups in total. The molecule has 5 nitrogen and oxygen atoms in total. The van der Waals surface area contributed by atoms with E-state index in [4.69, 9.17) is 4.74 Å². The highest BCUT2D eigenvalue weighted by atomic mass is 32.2. The normalized spacial score (nSPS) is 20.4. The van der Waals surface area contributed by atoms with Gasteiger partial charge < -0.3 is 10.1 Å². The SMILES string of the molecule is CS(C)(=O)=CC(=O)[C@@H](NC(=O)OCc1ccccc1)[C@@H]1CCCC(F)(F)C1. The van der Waals surface area contributed by atoms with Crippen LogP contribution in [0, 0.1) is 5.92 Å². The molecule has 2 atom stereocenters. The lowest BCUT2D eigenvalue weighted by atomic mass is 9.80. The van der Waals surface area contributed by atoms with Gasteiger partial charge in [-0.25, -0.2) is 13.6 Å². The molecule has 8 heteroatoms. The number of ketones is 1. The summed E-state index contributed by atoms with van der Waals surface area (Å²) in [6, 6.07) is 7.77. The van der Waals surface area contributed by atoms with Gasteiger partial charge in [0.2, 0.25) is 5.92 Å². The molecule has 0 saturated heterocycles. The van der Waals surface area contributed by atoms with Crippen LogP contribution in [0.1, 0.15) is 31.2 Å². The van der Waals surface area contributed by atoms with E-state index in [1.807, 2.05) is 6.07 Å². The topological polar surface area (TPSA) is 72.5 Å². The smallest absolute Gasteiger partial charge is 0.408 e. The number of halogens is 2. The minimum Gasteiger partial charge on any atom is -0.445 e. The maximum atomic E-state index is 13.8. The van der Waals surface area contributed by atoms with Crippen molar-refractivity contribution in [3.63, 3.8) is 0 Å². The Morgan fingerprint density at radius 2 is 2.00 bits per heavy atom. The molecule has 150 valence electrons. The van der Waals surface area contributed by atoms with Crippen molar-refractivity contribution in [3.05, 3.63) is 35.9 Å². The van der Waals surface area contributed by atoms with Gasteiger partial charge in [0.15, 0.2) is 5.78 Å². The second-order valence-electron chi connectivity index (χ2n) is 7.23. The molecule has 1 aromatic rings. The predicted octanol–water partition coefficient (Wildman–Crippen LogP) is 3.02. The van der Waals surface area contributed by atoms with Crippen LogP contribution in [-0.4, -0.2) is 45.9 Å². The van der Waals surface area contributed by atoms with E-state index in [1.54, 1.807) is 24.3 Å². The van der Waals surface area contributed by atoms with E-state index in [9.17, 15) is 22.6 Å². The van der Waals surface area contributed by atoms with Crippen LogP contribution >= 0.6 is 0 Å². The van der Waals surface area contributed by atoms with Crippen molar-refractivity contribution < 1.29 is 27.3 Å². The second-order valence-corrected chi connectivity index (χ2v) is 10.1. The lowest BCUT2D eigenvalue weighted by Gasteiger charge is -2.33. The number of alkyl halides is 2. The predicted molar refractivity (Wildman–Crippen MR) is 102 cm³/mol. The molecule has 1 fully saturated rings. The highest BCUT2D eigenvalue weighted by Crippen LogP contribution is 2.38. The Bertz CT molecular complexity index is 780. The van der Waals surface area contributed by atoms with Gasteiger partial charge >= 0.3 is 6.09 Å². The molecule has 1 aliphatic carbocycles. The summed E-state index contributed by atoms with van der Waals surface area (Å²) in [5.41, 5.74) is 0.761. The van der Waals surface area contributed by atoms with E-state index in [0.29, 0.717) is 6.42 Å². The average Bonchev–Trinajstić information content (AvgIpc) is 2.56. The Morgan fingerprint density at radius 3 is 2.59 bits per heavy atom. The van der Waals surface area contributed by atoms with Gasteiger partial charge in [0.25, 0.3) is 0 Å². The van der Waals surface area contributed by atoms with Crippen LogP contribution in [0.5, 0.6) is 0 Å². The van der Waals surface area contributed by atoms with E-state index in [0.717, 1.165) is 10.9 Å². The molecule has 1 amide bonds. The van der Waals surface area contributed by atoms with Crippen molar-refractivity contribution in [2.24, 2.45) is 5.92 Å². The van der Waals surface area contributed by atoms with Crippen LogP contribution in [0.25, 0.3) is 0 Å². The molecule has 0 radical (unpaired) electrons. The lowest BCUT2D eigenvalue weighted by Crippen LogP contribution is -2.49. The van der Waals surface area contributed by atoms with E-state index in [1.165, 1.54) is 12.5 Å². The Balaban J connectivity index is 2.10. The van der Waals surface area contributed by atoms with Crippen molar-refractivity contribution in [3.8, 4) is 0 Å². The Morgan fingerprint density at radius 1 is 1.33 bits per heavy atom. The average molecular weight is 401 g/mol. The number of Topliss-reactive ketones (excluding diaryl/α,β-unsaturated/α-hetero) is 1. The maximum Gasteiger partial charge on any atom is 0.408 e. The fourth-order valence-corrected chi connectivity index (χ4v) is 3.87. The van der Waals surface area contributed by atoms with Crippen LogP contribution in [0.3, 0.4) is 0 Å². The van der Waals surface area contributed by atoms with E-state index in [-0.39, 0.29) is 19.4 Å². The summed E-state index contributed by atoms with van der Waals surface area (Å²) in [5.74, 6) is -4.23. The summed E-state index contributed by atoms with van der Waals surface area (Å²) in [5, 5.41) is 3.43. The van der Waals surface area contributed by atoms with Gasteiger partial charge in [0.1, 0.15) is 6.61 Å². The van der Waals surface area contributed by atoms with Crippen molar-refractivity contribution in [1.29, 1.82) is 0 Å². The van der Waals surface area contributed by atoms with Crippen molar-refractivity contribution >= 4 is 26.8 Å². The largest absolute Gasteiger partial charge is 0.445 e. The van der Waals surface area contributed by atoms with Gasteiger partial charge in [-0.15, -0.1) is 0 Å². The summed E-state index contributed by atoms with van der Waals surface area (Å²) in [6.45, 7) is -0.00355. The van der Waals surface area contributed by atoms with Crippen molar-refractivity contribution in [2.75, 3.05) is 12.5 Å². The Labute approximate surface area is 158 Å². The summed E-state index contributed by atoms with van der Waals surface area (Å²) in [6.07, 6.45) is 1.81. The van der Waals surface area contributed by atoms with E-state index >= 15 is 0 Å². The number of amides is 1. The minimum absolute atomic E-state index is 0.00355. The van der Waals surface area contributed by atoms with Gasteiger partial charge in [0.05, 0.1) is 6.04 Å². The number of nitrogens with one attached hydrogen (secondary N) is 1. The Hall–Kier alpha value is -1.96. The van der Waals surface area contributed by atoms with Crippen molar-refractivity contribution in [2.45, 2.75) is 44.3 Å². The van der Waals surface area contributed by atoms with Gasteiger partial charge in [0, 0.05) is 30.7 Å². The fraction of sp³-hybridized carbons (Fsp3) is 0.526. The highest BCUT2D eigenvalue weighted by Gasteiger charge is 2.41. The molecule has 0 bridgehead atoms. The third-order valence-electron chi connectivity index (χ3n) is 4.34. The number of hydrogen-bond acceptors (Lipinski definition) is 4. The maximum absolute atomic E-state index is 13.8. The van der Waals surface area contributed by atoms with Gasteiger partial charge in [-0.05, 0) is 33.8 Å². The molecule has 0 aliphatic heterocycles. The summed E-state index contributed by atoms with van der Waals surface area (Å²) in [4.78, 5) is 24.7. The van der Waals surface area contributed by atoms with Gasteiger partial charge in [-0.2, -0.15) is 0 Å². The van der Waals surface area contributed by atoms with Crippen LogP contribution < -0.4 is 5.32 Å². The van der Waals surface area contributed by atoms with Gasteiger partial charge in [-0.3, -0.25) is 9.00 Å². The van der Waals surface area contributed by atoms with Gasteiger partial charge in [-0.1, -0.05) is 30.3 Å². The molecule has 1 saturated carbocycles. The summed E-state index contributed by atoms with van der Waals surface area (Å²) >= 11 is 0. The zero-order valence-corrected chi connectivity index (χ0v) is 16.3. The number of rotatable bonds is 6. The second kappa shape index (κ2) is 8.82. The van der Waals surface area contributed by atoms with Crippen LogP contribution in [-0.2, 0) is 25.7 Å². The lowest BCUT2D eigenvalue weighted by molar-refractivity contribution is -0.117. The minimum atomic E-state index is -2.88. The number of alkyl carbamates (subject to hydrolysis) is 1. The molecule has 1 aromatic carbocycles. The van der Waals surface area contributed by atoms with E-state index in [2.05, 4.69) is 5.32 Å². The first-order valence-electron chi connectivity index (χ1n) is 8.74. The number of hydrogen-bond donors (Lipinski definition) is 1.